The zero-order valence-electron chi connectivity index (χ0n) is 5.68. The van der Waals surface area contributed by atoms with Crippen molar-refractivity contribution in [1.82, 2.24) is 0 Å². The molecular weight excluding hydrogens is 184 g/mol. The molecule has 7 heteroatoms. The van der Waals surface area contributed by atoms with Crippen molar-refractivity contribution in [2.24, 2.45) is 0 Å². The minimum atomic E-state index is -4.64. The van der Waals surface area contributed by atoms with Gasteiger partial charge in [-0.3, -0.25) is 0 Å². The zero-order chi connectivity index (χ0) is 9.57. The summed E-state index contributed by atoms with van der Waals surface area (Å²) in [6.45, 7) is -1.26. The molecule has 1 fully saturated rings. The second kappa shape index (κ2) is 2.54. The highest BCUT2D eigenvalue weighted by atomic mass is 19.3. The maximum Gasteiger partial charge on any atom is 0.362 e. The molecule has 12 heavy (non-hydrogen) atoms. The van der Waals surface area contributed by atoms with Crippen molar-refractivity contribution in [3.05, 3.63) is 0 Å². The molecule has 2 atom stereocenters. The first-order valence-corrected chi connectivity index (χ1v) is 3.04. The van der Waals surface area contributed by atoms with Gasteiger partial charge in [0, 0.05) is 0 Å². The summed E-state index contributed by atoms with van der Waals surface area (Å²) in [4.78, 5) is 0. The number of aliphatic hydroxyl groups is 2. The molecule has 1 heterocycles. The van der Waals surface area contributed by atoms with Crippen LogP contribution in [0.3, 0.4) is 0 Å². The van der Waals surface area contributed by atoms with Gasteiger partial charge in [0.2, 0.25) is 6.29 Å². The van der Waals surface area contributed by atoms with E-state index < -0.39 is 30.8 Å². The fourth-order valence-electron chi connectivity index (χ4n) is 0.863. The van der Waals surface area contributed by atoms with Crippen LogP contribution in [0.2, 0.25) is 0 Å². The maximum absolute atomic E-state index is 12.4. The van der Waals surface area contributed by atoms with Crippen LogP contribution in [-0.4, -0.2) is 41.1 Å². The van der Waals surface area contributed by atoms with E-state index >= 15 is 0 Å². The molecule has 0 amide bonds. The Morgan fingerprint density at radius 1 is 1.17 bits per heavy atom. The topological polar surface area (TPSA) is 49.7 Å². The van der Waals surface area contributed by atoms with E-state index in [2.05, 4.69) is 4.74 Å². The molecule has 72 valence electrons. The quantitative estimate of drug-likeness (QED) is 0.570. The molecule has 0 aliphatic carbocycles. The zero-order valence-corrected chi connectivity index (χ0v) is 5.68. The van der Waals surface area contributed by atoms with Crippen LogP contribution >= 0.6 is 0 Å². The van der Waals surface area contributed by atoms with Crippen molar-refractivity contribution in [3.8, 4) is 0 Å². The molecule has 1 unspecified atom stereocenters. The third-order valence-electron chi connectivity index (χ3n) is 1.62. The normalized spacial score (nSPS) is 38.5. The molecule has 1 saturated heterocycles. The van der Waals surface area contributed by atoms with Crippen LogP contribution in [0.25, 0.3) is 0 Å². The molecule has 0 aromatic carbocycles. The lowest BCUT2D eigenvalue weighted by Gasteiger charge is -2.20. The Hall–Kier alpha value is -0.400. The second-order valence-electron chi connectivity index (χ2n) is 2.41. The van der Waals surface area contributed by atoms with Gasteiger partial charge in [0.05, 0.1) is 6.61 Å². The Bertz CT molecular complexity index is 184. The Morgan fingerprint density at radius 3 is 1.83 bits per heavy atom. The molecule has 1 aliphatic heterocycles. The van der Waals surface area contributed by atoms with Crippen LogP contribution in [0.4, 0.5) is 17.6 Å². The van der Waals surface area contributed by atoms with Crippen molar-refractivity contribution < 1.29 is 32.5 Å². The molecule has 0 bridgehead atoms. The van der Waals surface area contributed by atoms with E-state index in [1.165, 1.54) is 0 Å². The Labute approximate surface area is 64.6 Å². The molecule has 3 nitrogen and oxygen atoms in total. The summed E-state index contributed by atoms with van der Waals surface area (Å²) in [5.74, 6) is -9.17. The van der Waals surface area contributed by atoms with E-state index in [1.54, 1.807) is 0 Å². The Kier molecular flexibility index (Phi) is 2.05. The van der Waals surface area contributed by atoms with Gasteiger partial charge >= 0.3 is 11.8 Å². The highest BCUT2D eigenvalue weighted by molar-refractivity contribution is 4.99. The van der Waals surface area contributed by atoms with E-state index in [1.807, 2.05) is 0 Å². The number of ether oxygens (including phenoxy) is 1. The molecule has 1 aliphatic rings. The number of halogens is 4. The van der Waals surface area contributed by atoms with Gasteiger partial charge in [-0.1, -0.05) is 0 Å². The summed E-state index contributed by atoms with van der Waals surface area (Å²) in [5, 5.41) is 16.5. The Balaban J connectivity index is 2.92. The lowest BCUT2D eigenvalue weighted by Crippen LogP contribution is -2.47. The lowest BCUT2D eigenvalue weighted by molar-refractivity contribution is -0.234. The average Bonchev–Trinajstić information content (AvgIpc) is 2.10. The standard InChI is InChI=1S/C5H6F4O3/c6-4(7)2(1-10)12-3(11)5(4,8)9/h2-3,10-11H,1H2/t2-,3?/m1/s1. The highest BCUT2D eigenvalue weighted by Crippen LogP contribution is 2.46. The first-order chi connectivity index (χ1) is 5.34. The summed E-state index contributed by atoms with van der Waals surface area (Å²) >= 11 is 0. The van der Waals surface area contributed by atoms with Crippen molar-refractivity contribution >= 4 is 0 Å². The predicted molar refractivity (Wildman–Crippen MR) is 27.9 cm³/mol. The van der Waals surface area contributed by atoms with E-state index in [0.29, 0.717) is 0 Å². The minimum Gasteiger partial charge on any atom is -0.393 e. The van der Waals surface area contributed by atoms with E-state index in [4.69, 9.17) is 10.2 Å². The third kappa shape index (κ3) is 1.00. The molecule has 0 aromatic heterocycles. The first kappa shape index (κ1) is 9.69. The Morgan fingerprint density at radius 2 is 1.67 bits per heavy atom. The number of alkyl halides is 4. The minimum absolute atomic E-state index is 1.26. The van der Waals surface area contributed by atoms with E-state index in [0.717, 1.165) is 0 Å². The summed E-state index contributed by atoms with van der Waals surface area (Å²) in [7, 11) is 0. The summed E-state index contributed by atoms with van der Waals surface area (Å²) in [6, 6.07) is 0. The largest absolute Gasteiger partial charge is 0.393 e. The van der Waals surface area contributed by atoms with E-state index in [-0.39, 0.29) is 0 Å². The molecule has 1 rings (SSSR count). The maximum atomic E-state index is 12.4. The van der Waals surface area contributed by atoms with Gasteiger partial charge in [0.1, 0.15) is 0 Å². The third-order valence-corrected chi connectivity index (χ3v) is 1.62. The monoisotopic (exact) mass is 190 g/mol. The fraction of sp³-hybridized carbons (Fsp3) is 1.00. The van der Waals surface area contributed by atoms with Crippen LogP contribution in [0.15, 0.2) is 0 Å². The number of hydrogen-bond donors (Lipinski definition) is 2. The summed E-state index contributed by atoms with van der Waals surface area (Å²) in [5.41, 5.74) is 0. The molecule has 2 N–H and O–H groups in total. The van der Waals surface area contributed by atoms with Gasteiger partial charge in [-0.2, -0.15) is 17.6 Å². The van der Waals surface area contributed by atoms with Crippen molar-refractivity contribution in [3.63, 3.8) is 0 Å². The lowest BCUT2D eigenvalue weighted by atomic mass is 10.1. The molecule has 0 spiro atoms. The molecule has 0 saturated carbocycles. The average molecular weight is 190 g/mol. The van der Waals surface area contributed by atoms with Crippen LogP contribution < -0.4 is 0 Å². The van der Waals surface area contributed by atoms with E-state index in [9.17, 15) is 17.6 Å². The number of hydrogen-bond acceptors (Lipinski definition) is 3. The SMILES string of the molecule is OC[C@H]1OC(O)C(F)(F)C1(F)F. The van der Waals surface area contributed by atoms with Crippen LogP contribution in [0.5, 0.6) is 0 Å². The summed E-state index contributed by atoms with van der Waals surface area (Å²) in [6.07, 6.45) is -5.20. The smallest absolute Gasteiger partial charge is 0.362 e. The fourth-order valence-corrected chi connectivity index (χ4v) is 0.863. The van der Waals surface area contributed by atoms with Crippen molar-refractivity contribution in [1.29, 1.82) is 0 Å². The van der Waals surface area contributed by atoms with Gasteiger partial charge in [0.15, 0.2) is 6.10 Å². The molecule has 0 radical (unpaired) electrons. The molecule has 0 aromatic rings. The van der Waals surface area contributed by atoms with Crippen LogP contribution in [-0.2, 0) is 4.74 Å². The van der Waals surface area contributed by atoms with Gasteiger partial charge in [-0.25, -0.2) is 0 Å². The van der Waals surface area contributed by atoms with Crippen molar-refractivity contribution in [2.45, 2.75) is 24.2 Å². The summed E-state index contributed by atoms with van der Waals surface area (Å²) < 4.78 is 53.3. The van der Waals surface area contributed by atoms with Crippen LogP contribution in [0.1, 0.15) is 0 Å². The highest BCUT2D eigenvalue weighted by Gasteiger charge is 2.72. The first-order valence-electron chi connectivity index (χ1n) is 3.04. The molecular formula is C5H6F4O3. The predicted octanol–water partition coefficient (Wildman–Crippen LogP) is -0.0335. The number of rotatable bonds is 1. The van der Waals surface area contributed by atoms with Gasteiger partial charge < -0.3 is 14.9 Å². The second-order valence-corrected chi connectivity index (χ2v) is 2.41. The number of aliphatic hydroxyl groups excluding tert-OH is 2. The van der Waals surface area contributed by atoms with Gasteiger partial charge in [0.25, 0.3) is 0 Å². The van der Waals surface area contributed by atoms with Crippen molar-refractivity contribution in [2.75, 3.05) is 6.61 Å². The van der Waals surface area contributed by atoms with Gasteiger partial charge in [-0.05, 0) is 0 Å². The van der Waals surface area contributed by atoms with Crippen LogP contribution in [0, 0.1) is 0 Å². The van der Waals surface area contributed by atoms with Gasteiger partial charge in [-0.15, -0.1) is 0 Å².